The summed E-state index contributed by atoms with van der Waals surface area (Å²) >= 11 is 5.76. The normalized spacial score (nSPS) is 9.88. The highest BCUT2D eigenvalue weighted by molar-refractivity contribution is 6.32. The molecule has 0 aliphatic rings. The van der Waals surface area contributed by atoms with Crippen LogP contribution in [-0.4, -0.2) is 17.3 Å². The van der Waals surface area contributed by atoms with Crippen molar-refractivity contribution >= 4 is 23.1 Å². The zero-order chi connectivity index (χ0) is 12.1. The number of Topliss-reactive ketones (excluding diaryl/α,β-unsaturated/α-hetero) is 1. The molecule has 0 aliphatic carbocycles. The summed E-state index contributed by atoms with van der Waals surface area (Å²) in [6.07, 6.45) is 0.318. The van der Waals surface area contributed by atoms with Crippen molar-refractivity contribution in [2.75, 3.05) is 6.61 Å². The van der Waals surface area contributed by atoms with Gasteiger partial charge in [0.25, 0.3) is 0 Å². The highest BCUT2D eigenvalue weighted by atomic mass is 35.5. The molecular formula is C10H10ClNO4. The predicted molar refractivity (Wildman–Crippen MR) is 58.9 cm³/mol. The summed E-state index contributed by atoms with van der Waals surface area (Å²) in [4.78, 5) is 21.1. The quantitative estimate of drug-likeness (QED) is 0.589. The molecule has 6 heteroatoms. The molecule has 1 aromatic rings. The van der Waals surface area contributed by atoms with Gasteiger partial charge in [0.2, 0.25) is 5.75 Å². The third-order valence-corrected chi connectivity index (χ3v) is 2.21. The topological polar surface area (TPSA) is 69.4 Å². The van der Waals surface area contributed by atoms with E-state index in [1.54, 1.807) is 6.92 Å². The Morgan fingerprint density at radius 3 is 2.81 bits per heavy atom. The maximum absolute atomic E-state index is 11.0. The minimum absolute atomic E-state index is 0.0593. The average molecular weight is 244 g/mol. The molecule has 0 heterocycles. The average Bonchev–Trinajstić information content (AvgIpc) is 2.26. The molecule has 0 saturated carbocycles. The van der Waals surface area contributed by atoms with Crippen molar-refractivity contribution in [2.24, 2.45) is 0 Å². The van der Waals surface area contributed by atoms with Crippen LogP contribution >= 0.6 is 11.6 Å². The lowest BCUT2D eigenvalue weighted by Crippen LogP contribution is -2.10. The second-order valence-electron chi connectivity index (χ2n) is 3.03. The van der Waals surface area contributed by atoms with E-state index < -0.39 is 4.92 Å². The van der Waals surface area contributed by atoms with Gasteiger partial charge in [-0.25, -0.2) is 0 Å². The fourth-order valence-electron chi connectivity index (χ4n) is 1.04. The molecule has 16 heavy (non-hydrogen) atoms. The third kappa shape index (κ3) is 2.93. The van der Waals surface area contributed by atoms with Crippen LogP contribution in [0.25, 0.3) is 0 Å². The van der Waals surface area contributed by atoms with Crippen molar-refractivity contribution in [3.05, 3.63) is 33.3 Å². The van der Waals surface area contributed by atoms with Gasteiger partial charge in [0.05, 0.1) is 9.95 Å². The Morgan fingerprint density at radius 1 is 1.56 bits per heavy atom. The largest absolute Gasteiger partial charge is 0.478 e. The lowest BCUT2D eigenvalue weighted by molar-refractivity contribution is -0.385. The minimum atomic E-state index is -0.600. The van der Waals surface area contributed by atoms with Gasteiger partial charge in [-0.05, 0) is 6.07 Å². The highest BCUT2D eigenvalue weighted by Crippen LogP contribution is 2.34. The Bertz CT molecular complexity index is 419. The van der Waals surface area contributed by atoms with E-state index in [0.717, 1.165) is 0 Å². The van der Waals surface area contributed by atoms with Crippen molar-refractivity contribution in [3.8, 4) is 5.75 Å². The van der Waals surface area contributed by atoms with Gasteiger partial charge in [0.1, 0.15) is 6.61 Å². The van der Waals surface area contributed by atoms with Crippen LogP contribution in [0.2, 0.25) is 5.02 Å². The van der Waals surface area contributed by atoms with Gasteiger partial charge >= 0.3 is 5.69 Å². The van der Waals surface area contributed by atoms with Gasteiger partial charge in [-0.15, -0.1) is 0 Å². The molecule has 0 N–H and O–H groups in total. The molecule has 0 unspecified atom stereocenters. The molecule has 0 saturated heterocycles. The first-order chi connectivity index (χ1) is 7.56. The summed E-state index contributed by atoms with van der Waals surface area (Å²) in [6.45, 7) is 1.48. The number of ether oxygens (including phenoxy) is 1. The molecule has 1 aromatic carbocycles. The van der Waals surface area contributed by atoms with Gasteiger partial charge in [-0.2, -0.15) is 0 Å². The molecule has 0 radical (unpaired) electrons. The molecule has 5 nitrogen and oxygen atoms in total. The fourth-order valence-corrected chi connectivity index (χ4v) is 1.26. The van der Waals surface area contributed by atoms with Crippen LogP contribution in [0, 0.1) is 10.1 Å². The summed E-state index contributed by atoms with van der Waals surface area (Å²) in [6, 6.07) is 4.20. The molecule has 0 amide bonds. The van der Waals surface area contributed by atoms with E-state index in [1.165, 1.54) is 18.2 Å². The van der Waals surface area contributed by atoms with Crippen LogP contribution in [0.4, 0.5) is 5.69 Å². The monoisotopic (exact) mass is 243 g/mol. The second kappa shape index (κ2) is 5.46. The number of carbonyl (C=O) groups excluding carboxylic acids is 1. The van der Waals surface area contributed by atoms with Gasteiger partial charge in [0, 0.05) is 12.5 Å². The van der Waals surface area contributed by atoms with Crippen molar-refractivity contribution < 1.29 is 14.5 Å². The number of para-hydroxylation sites is 1. The molecule has 1 rings (SSSR count). The molecule has 0 aliphatic heterocycles. The van der Waals surface area contributed by atoms with Crippen molar-refractivity contribution in [3.63, 3.8) is 0 Å². The zero-order valence-electron chi connectivity index (χ0n) is 8.60. The van der Waals surface area contributed by atoms with Crippen molar-refractivity contribution in [1.29, 1.82) is 0 Å². The second-order valence-corrected chi connectivity index (χ2v) is 3.43. The molecule has 0 spiro atoms. The van der Waals surface area contributed by atoms with Crippen LogP contribution in [-0.2, 0) is 4.79 Å². The molecule has 0 fully saturated rings. The van der Waals surface area contributed by atoms with Gasteiger partial charge < -0.3 is 4.74 Å². The highest BCUT2D eigenvalue weighted by Gasteiger charge is 2.18. The number of nitrogens with zero attached hydrogens (tertiary/aromatic N) is 1. The summed E-state index contributed by atoms with van der Waals surface area (Å²) in [5.41, 5.74) is -0.239. The van der Waals surface area contributed by atoms with E-state index >= 15 is 0 Å². The van der Waals surface area contributed by atoms with E-state index in [9.17, 15) is 14.9 Å². The molecule has 0 aromatic heterocycles. The first kappa shape index (κ1) is 12.4. The molecular weight excluding hydrogens is 234 g/mol. The number of nitro groups is 1. The lowest BCUT2D eigenvalue weighted by atomic mass is 10.3. The Kier molecular flexibility index (Phi) is 4.25. The number of ketones is 1. The van der Waals surface area contributed by atoms with Crippen LogP contribution < -0.4 is 4.74 Å². The SMILES string of the molecule is CCC(=O)COc1c(Cl)cccc1[N+](=O)[O-]. The van der Waals surface area contributed by atoms with Crippen LogP contribution in [0.5, 0.6) is 5.75 Å². The number of hydrogen-bond acceptors (Lipinski definition) is 4. The van der Waals surface area contributed by atoms with E-state index in [1.807, 2.05) is 0 Å². The lowest BCUT2D eigenvalue weighted by Gasteiger charge is -2.06. The predicted octanol–water partition coefficient (Wildman–Crippen LogP) is 2.61. The molecule has 0 atom stereocenters. The minimum Gasteiger partial charge on any atom is -0.478 e. The van der Waals surface area contributed by atoms with E-state index in [-0.39, 0.29) is 28.8 Å². The van der Waals surface area contributed by atoms with Gasteiger partial charge in [-0.1, -0.05) is 24.6 Å². The summed E-state index contributed by atoms with van der Waals surface area (Å²) in [7, 11) is 0. The molecule has 86 valence electrons. The van der Waals surface area contributed by atoms with E-state index in [4.69, 9.17) is 16.3 Å². The Labute approximate surface area is 97.1 Å². The Balaban J connectivity index is 2.93. The fraction of sp³-hybridized carbons (Fsp3) is 0.300. The zero-order valence-corrected chi connectivity index (χ0v) is 9.36. The number of benzene rings is 1. The maximum Gasteiger partial charge on any atom is 0.312 e. The number of hydrogen-bond donors (Lipinski definition) is 0. The number of nitro benzene ring substituents is 1. The van der Waals surface area contributed by atoms with Crippen LogP contribution in [0.15, 0.2) is 18.2 Å². The smallest absolute Gasteiger partial charge is 0.312 e. The van der Waals surface area contributed by atoms with Gasteiger partial charge in [-0.3, -0.25) is 14.9 Å². The van der Waals surface area contributed by atoms with Crippen molar-refractivity contribution in [1.82, 2.24) is 0 Å². The number of carbonyl (C=O) groups is 1. The standard InChI is InChI=1S/C10H10ClNO4/c1-2-7(13)6-16-10-8(11)4-3-5-9(10)12(14)15/h3-5H,2,6H2,1H3. The van der Waals surface area contributed by atoms with Crippen LogP contribution in [0.1, 0.15) is 13.3 Å². The van der Waals surface area contributed by atoms with E-state index in [0.29, 0.717) is 6.42 Å². The van der Waals surface area contributed by atoms with Crippen LogP contribution in [0.3, 0.4) is 0 Å². The molecule has 0 bridgehead atoms. The Morgan fingerprint density at radius 2 is 2.25 bits per heavy atom. The summed E-state index contributed by atoms with van der Waals surface area (Å²) in [5, 5.41) is 10.8. The third-order valence-electron chi connectivity index (χ3n) is 1.91. The first-order valence-electron chi connectivity index (χ1n) is 4.63. The number of halogens is 1. The van der Waals surface area contributed by atoms with Gasteiger partial charge in [0.15, 0.2) is 5.78 Å². The maximum atomic E-state index is 11.0. The van der Waals surface area contributed by atoms with E-state index in [2.05, 4.69) is 0 Å². The number of rotatable bonds is 5. The first-order valence-corrected chi connectivity index (χ1v) is 5.01. The Hall–Kier alpha value is -1.62. The van der Waals surface area contributed by atoms with Crippen molar-refractivity contribution in [2.45, 2.75) is 13.3 Å². The summed E-state index contributed by atoms with van der Waals surface area (Å²) < 4.78 is 5.06. The summed E-state index contributed by atoms with van der Waals surface area (Å²) in [5.74, 6) is -0.204.